The molecule has 1 aromatic carbocycles. The van der Waals surface area contributed by atoms with Crippen LogP contribution < -0.4 is 0 Å². The number of halogens is 6. The first kappa shape index (κ1) is 16.1. The maximum absolute atomic E-state index is 12.8. The van der Waals surface area contributed by atoms with E-state index in [-0.39, 0.29) is 18.7 Å². The molecule has 20 heavy (non-hydrogen) atoms. The number of carbonyl (C=O) groups excluding carboxylic acids is 1. The number of carbonyl (C=O) groups is 1. The van der Waals surface area contributed by atoms with Crippen LogP contribution in [0.4, 0.5) is 26.3 Å². The number of esters is 1. The molecule has 0 fully saturated rings. The third-order valence-corrected chi connectivity index (χ3v) is 2.21. The number of hydrogen-bond acceptors (Lipinski definition) is 3. The van der Waals surface area contributed by atoms with Gasteiger partial charge in [-0.25, -0.2) is 4.79 Å². The molecule has 0 radical (unpaired) electrons. The number of alkyl halides is 6. The first-order chi connectivity index (χ1) is 8.98. The molecule has 0 atom stereocenters. The molecule has 0 bridgehead atoms. The molecule has 0 unspecified atom stereocenters. The Kier molecular flexibility index (Phi) is 4.21. The molecule has 112 valence electrons. The van der Waals surface area contributed by atoms with Crippen molar-refractivity contribution in [2.45, 2.75) is 19.3 Å². The molecule has 0 spiro atoms. The van der Waals surface area contributed by atoms with Crippen LogP contribution in [0.2, 0.25) is 0 Å². The molecule has 0 saturated heterocycles. The summed E-state index contributed by atoms with van der Waals surface area (Å²) in [4.78, 5) is 11.3. The number of phenols is 1. The highest BCUT2D eigenvalue weighted by Crippen LogP contribution is 2.43. The zero-order chi connectivity index (χ0) is 15.7. The monoisotopic (exact) mass is 302 g/mol. The predicted octanol–water partition coefficient (Wildman–Crippen LogP) is 3.61. The summed E-state index contributed by atoms with van der Waals surface area (Å²) in [6, 6.07) is 0.196. The van der Waals surface area contributed by atoms with Crippen molar-refractivity contribution in [1.82, 2.24) is 0 Å². The Morgan fingerprint density at radius 2 is 1.70 bits per heavy atom. The Morgan fingerprint density at radius 3 is 2.10 bits per heavy atom. The summed E-state index contributed by atoms with van der Waals surface area (Å²) in [7, 11) is 0. The molecule has 0 heterocycles. The number of hydrogen-bond donors (Lipinski definition) is 1. The smallest absolute Gasteiger partial charge is 0.417 e. The van der Waals surface area contributed by atoms with Crippen molar-refractivity contribution in [2.24, 2.45) is 0 Å². The van der Waals surface area contributed by atoms with Crippen molar-refractivity contribution in [1.29, 1.82) is 0 Å². The highest BCUT2D eigenvalue weighted by atomic mass is 19.4. The fourth-order valence-electron chi connectivity index (χ4n) is 1.53. The summed E-state index contributed by atoms with van der Waals surface area (Å²) in [5.74, 6) is -2.71. The van der Waals surface area contributed by atoms with Crippen LogP contribution >= 0.6 is 0 Å². The molecule has 3 nitrogen and oxygen atoms in total. The summed E-state index contributed by atoms with van der Waals surface area (Å²) in [6.45, 7) is 0.950. The molecule has 0 amide bonds. The second kappa shape index (κ2) is 5.22. The average Bonchev–Trinajstić information content (AvgIpc) is 2.25. The topological polar surface area (TPSA) is 46.5 Å². The molecule has 1 rings (SSSR count). The van der Waals surface area contributed by atoms with Crippen LogP contribution in [0.15, 0.2) is 12.1 Å². The van der Waals surface area contributed by atoms with Crippen LogP contribution in [0.3, 0.4) is 0 Å². The minimum absolute atomic E-state index is 0.0917. The number of ether oxygens (including phenoxy) is 1. The summed E-state index contributed by atoms with van der Waals surface area (Å²) < 4.78 is 80.5. The van der Waals surface area contributed by atoms with E-state index in [2.05, 4.69) is 4.74 Å². The highest BCUT2D eigenvalue weighted by Gasteiger charge is 2.46. The van der Waals surface area contributed by atoms with Gasteiger partial charge in [0.25, 0.3) is 0 Å². The summed E-state index contributed by atoms with van der Waals surface area (Å²) in [5.41, 5.74) is -5.71. The molecule has 1 aromatic rings. The first-order valence-corrected chi connectivity index (χ1v) is 5.17. The van der Waals surface area contributed by atoms with Crippen LogP contribution in [-0.2, 0) is 17.1 Å². The number of rotatable bonds is 2. The number of phenolic OH excluding ortho intramolecular Hbond substituents is 1. The van der Waals surface area contributed by atoms with Crippen molar-refractivity contribution in [3.63, 3.8) is 0 Å². The lowest BCUT2D eigenvalue weighted by molar-refractivity contribution is -0.162. The fourth-order valence-corrected chi connectivity index (χ4v) is 1.53. The van der Waals surface area contributed by atoms with Crippen LogP contribution in [-0.4, -0.2) is 17.7 Å². The molecule has 0 aliphatic rings. The Balaban J connectivity index is 3.66. The van der Waals surface area contributed by atoms with E-state index in [1.807, 2.05) is 0 Å². The predicted molar refractivity (Wildman–Crippen MR) is 54.1 cm³/mol. The molecule has 0 aliphatic carbocycles. The Hall–Kier alpha value is -1.93. The summed E-state index contributed by atoms with van der Waals surface area (Å²) in [5, 5.41) is 9.09. The van der Waals surface area contributed by atoms with Crippen molar-refractivity contribution < 1.29 is 41.0 Å². The molecule has 0 aromatic heterocycles. The van der Waals surface area contributed by atoms with Crippen molar-refractivity contribution in [3.8, 4) is 5.75 Å². The van der Waals surface area contributed by atoms with E-state index in [0.29, 0.717) is 0 Å². The van der Waals surface area contributed by atoms with Gasteiger partial charge in [0.2, 0.25) is 0 Å². The Labute approximate surface area is 108 Å². The third-order valence-electron chi connectivity index (χ3n) is 2.21. The average molecular weight is 302 g/mol. The van der Waals surface area contributed by atoms with E-state index in [9.17, 15) is 31.1 Å². The largest absolute Gasteiger partial charge is 0.508 e. The van der Waals surface area contributed by atoms with E-state index >= 15 is 0 Å². The second-order valence-corrected chi connectivity index (χ2v) is 3.63. The van der Waals surface area contributed by atoms with E-state index in [4.69, 9.17) is 5.11 Å². The van der Waals surface area contributed by atoms with E-state index in [0.717, 1.165) is 0 Å². The molecule has 0 aliphatic heterocycles. The van der Waals surface area contributed by atoms with Gasteiger partial charge in [-0.15, -0.1) is 0 Å². The maximum Gasteiger partial charge on any atom is 0.417 e. The van der Waals surface area contributed by atoms with E-state index < -0.39 is 40.8 Å². The van der Waals surface area contributed by atoms with Gasteiger partial charge in [-0.2, -0.15) is 26.3 Å². The lowest BCUT2D eigenvalue weighted by atomic mass is 9.99. The van der Waals surface area contributed by atoms with Gasteiger partial charge in [0.1, 0.15) is 5.75 Å². The first-order valence-electron chi connectivity index (χ1n) is 5.17. The lowest BCUT2D eigenvalue weighted by Crippen LogP contribution is -2.22. The van der Waals surface area contributed by atoms with Crippen molar-refractivity contribution >= 4 is 5.97 Å². The van der Waals surface area contributed by atoms with Gasteiger partial charge >= 0.3 is 18.3 Å². The second-order valence-electron chi connectivity index (χ2n) is 3.63. The Morgan fingerprint density at radius 1 is 1.15 bits per heavy atom. The fraction of sp³-hybridized carbons (Fsp3) is 0.364. The Bertz CT molecular complexity index is 518. The lowest BCUT2D eigenvalue weighted by Gasteiger charge is -2.18. The SMILES string of the molecule is CCOC(=O)c1cc(O)cc(C(F)(F)F)c1C(F)(F)F. The number of aromatic hydroxyl groups is 1. The quantitative estimate of drug-likeness (QED) is 0.670. The van der Waals surface area contributed by atoms with Crippen LogP contribution in [0.1, 0.15) is 28.4 Å². The maximum atomic E-state index is 12.8. The number of benzene rings is 1. The zero-order valence-electron chi connectivity index (χ0n) is 9.89. The van der Waals surface area contributed by atoms with Gasteiger partial charge in [-0.3, -0.25) is 0 Å². The normalized spacial score (nSPS) is 12.3. The van der Waals surface area contributed by atoms with Gasteiger partial charge in [0.15, 0.2) is 0 Å². The zero-order valence-corrected chi connectivity index (χ0v) is 9.89. The highest BCUT2D eigenvalue weighted by molar-refractivity contribution is 5.92. The van der Waals surface area contributed by atoms with Gasteiger partial charge in [-0.1, -0.05) is 0 Å². The summed E-state index contributed by atoms with van der Waals surface area (Å²) >= 11 is 0. The molecular weight excluding hydrogens is 294 g/mol. The van der Waals surface area contributed by atoms with Gasteiger partial charge in [0.05, 0.1) is 23.3 Å². The van der Waals surface area contributed by atoms with Gasteiger partial charge in [-0.05, 0) is 19.1 Å². The van der Waals surface area contributed by atoms with E-state index in [1.165, 1.54) is 6.92 Å². The van der Waals surface area contributed by atoms with Crippen LogP contribution in [0, 0.1) is 0 Å². The van der Waals surface area contributed by atoms with Gasteiger partial charge < -0.3 is 9.84 Å². The van der Waals surface area contributed by atoms with E-state index in [1.54, 1.807) is 0 Å². The minimum Gasteiger partial charge on any atom is -0.508 e. The van der Waals surface area contributed by atoms with Crippen LogP contribution in [0.5, 0.6) is 5.75 Å². The molecular formula is C11H8F6O3. The molecule has 1 N–H and O–H groups in total. The summed E-state index contributed by atoms with van der Waals surface area (Å²) in [6.07, 6.45) is -10.8. The minimum atomic E-state index is -5.43. The standard InChI is InChI=1S/C11H8F6O3/c1-2-20-9(19)6-3-5(18)4-7(10(12,13)14)8(6)11(15,16)17/h3-4,18H,2H2,1H3. The molecule has 9 heteroatoms. The van der Waals surface area contributed by atoms with Crippen molar-refractivity contribution in [2.75, 3.05) is 6.61 Å². The van der Waals surface area contributed by atoms with Gasteiger partial charge in [0, 0.05) is 0 Å². The van der Waals surface area contributed by atoms with Crippen molar-refractivity contribution in [3.05, 3.63) is 28.8 Å². The third kappa shape index (κ3) is 3.34. The molecule has 0 saturated carbocycles. The van der Waals surface area contributed by atoms with Crippen LogP contribution in [0.25, 0.3) is 0 Å².